The number of benzene rings is 3. The number of nitrogens with one attached hydrogen (secondary N) is 1. The van der Waals surface area contributed by atoms with Gasteiger partial charge in [0.05, 0.1) is 38.0 Å². The summed E-state index contributed by atoms with van der Waals surface area (Å²) >= 11 is 5.54. The van der Waals surface area contributed by atoms with Crippen LogP contribution in [0.4, 0.5) is 11.4 Å². The molecule has 0 aliphatic carbocycles. The topological polar surface area (TPSA) is 116 Å². The fraction of sp³-hybridized carbons (Fsp3) is 0.226. The summed E-state index contributed by atoms with van der Waals surface area (Å²) in [6.45, 7) is -0.266. The third-order valence-corrected chi connectivity index (χ3v) is 10.7. The van der Waals surface area contributed by atoms with Gasteiger partial charge in [0.1, 0.15) is 17.5 Å². The fourth-order valence-corrected chi connectivity index (χ4v) is 8.56. The first-order valence-electron chi connectivity index (χ1n) is 13.4. The van der Waals surface area contributed by atoms with Crippen molar-refractivity contribution in [2.75, 3.05) is 31.5 Å². The van der Waals surface area contributed by atoms with Crippen LogP contribution in [0.15, 0.2) is 81.0 Å². The summed E-state index contributed by atoms with van der Waals surface area (Å²) in [6, 6.07) is 19.1. The second-order valence-corrected chi connectivity index (χ2v) is 13.1. The number of aromatic nitrogens is 1. The molecule has 0 saturated carbocycles. The molecule has 1 saturated heterocycles. The number of imide groups is 1. The summed E-state index contributed by atoms with van der Waals surface area (Å²) in [5.74, 6) is -0.975. The van der Waals surface area contributed by atoms with Gasteiger partial charge in [0.2, 0.25) is 17.7 Å². The molecule has 1 N–H and O–H groups in total. The Bertz CT molecular complexity index is 1820. The molecule has 3 atom stereocenters. The zero-order valence-corrected chi connectivity index (χ0v) is 27.0. The number of thiazole rings is 1. The van der Waals surface area contributed by atoms with Crippen molar-refractivity contribution in [2.45, 2.75) is 22.7 Å². The largest absolute Gasteiger partial charge is 0.497 e. The van der Waals surface area contributed by atoms with Crippen LogP contribution >= 0.6 is 39.0 Å². The molecule has 6 rings (SSSR count). The highest BCUT2D eigenvalue weighted by atomic mass is 79.9. The van der Waals surface area contributed by atoms with E-state index in [1.807, 2.05) is 6.07 Å². The quantitative estimate of drug-likeness (QED) is 0.252. The lowest BCUT2D eigenvalue weighted by molar-refractivity contribution is -0.122. The fourth-order valence-electron chi connectivity index (χ4n) is 5.52. The minimum atomic E-state index is -0.818. The minimum absolute atomic E-state index is 0.266. The van der Waals surface area contributed by atoms with Gasteiger partial charge in [-0.2, -0.15) is 0 Å². The SMILES string of the molecule is COc1ccc(NC(=O)Cn2c3c(sc2=O)C(c2ccc(OC)c(OC)c2)C2C(=O)N(c4ccc(Br)cc4)C(=O)C2S3)cc1. The number of amides is 3. The van der Waals surface area contributed by atoms with Crippen LogP contribution in [0.1, 0.15) is 16.4 Å². The van der Waals surface area contributed by atoms with E-state index in [-0.39, 0.29) is 23.2 Å². The molecule has 2 aliphatic rings. The van der Waals surface area contributed by atoms with E-state index in [4.69, 9.17) is 14.2 Å². The highest BCUT2D eigenvalue weighted by molar-refractivity contribution is 9.10. The maximum absolute atomic E-state index is 14.1. The number of anilines is 2. The number of methoxy groups -OCH3 is 3. The molecule has 3 aromatic carbocycles. The number of hydrogen-bond acceptors (Lipinski definition) is 9. The van der Waals surface area contributed by atoms with E-state index >= 15 is 0 Å². The summed E-state index contributed by atoms with van der Waals surface area (Å²) in [7, 11) is 4.60. The predicted molar refractivity (Wildman–Crippen MR) is 171 cm³/mol. The average molecular weight is 697 g/mol. The maximum Gasteiger partial charge on any atom is 0.308 e. The van der Waals surface area contributed by atoms with E-state index in [2.05, 4.69) is 21.2 Å². The minimum Gasteiger partial charge on any atom is -0.497 e. The number of carbonyl (C=O) groups excluding carboxylic acids is 3. The van der Waals surface area contributed by atoms with Crippen molar-refractivity contribution in [3.05, 3.63) is 91.3 Å². The van der Waals surface area contributed by atoms with Gasteiger partial charge < -0.3 is 19.5 Å². The molecule has 0 spiro atoms. The van der Waals surface area contributed by atoms with Crippen molar-refractivity contribution in [3.63, 3.8) is 0 Å². The standard InChI is InChI=1S/C31H26BrN3O7S2/c1-40-20-11-7-18(8-12-20)33-23(36)15-34-30-27(44-31(34)39)24(16-4-13-21(41-2)22(14-16)42-3)25-26(43-30)29(38)35(28(25)37)19-9-5-17(32)6-10-19/h4-14,24-26H,15H2,1-3H3,(H,33,36). The number of thioether (sulfide) groups is 1. The molecule has 1 aromatic heterocycles. The molecule has 0 bridgehead atoms. The molecule has 1 fully saturated rings. The van der Waals surface area contributed by atoms with Gasteiger partial charge in [-0.25, -0.2) is 4.90 Å². The Morgan fingerprint density at radius 2 is 1.59 bits per heavy atom. The van der Waals surface area contributed by atoms with E-state index in [1.54, 1.807) is 67.8 Å². The van der Waals surface area contributed by atoms with Gasteiger partial charge >= 0.3 is 4.87 Å². The van der Waals surface area contributed by atoms with E-state index in [0.717, 1.165) is 27.6 Å². The number of hydrogen-bond donors (Lipinski definition) is 1. The molecule has 3 amide bonds. The van der Waals surface area contributed by atoms with Crippen LogP contribution in [0, 0.1) is 5.92 Å². The molecule has 0 radical (unpaired) electrons. The maximum atomic E-state index is 14.1. The normalized spacial score (nSPS) is 18.9. The first-order chi connectivity index (χ1) is 21.2. The summed E-state index contributed by atoms with van der Waals surface area (Å²) in [5.41, 5.74) is 1.70. The van der Waals surface area contributed by atoms with Gasteiger partial charge in [0.15, 0.2) is 11.5 Å². The monoisotopic (exact) mass is 695 g/mol. The van der Waals surface area contributed by atoms with Crippen molar-refractivity contribution < 1.29 is 28.6 Å². The molecule has 2 aliphatic heterocycles. The van der Waals surface area contributed by atoms with Gasteiger partial charge in [0, 0.05) is 21.0 Å². The van der Waals surface area contributed by atoms with E-state index in [0.29, 0.717) is 44.1 Å². The molecular weight excluding hydrogens is 670 g/mol. The second-order valence-electron chi connectivity index (χ2n) is 10.0. The lowest BCUT2D eigenvalue weighted by Crippen LogP contribution is -2.33. The number of ether oxygens (including phenoxy) is 3. The Morgan fingerprint density at radius 3 is 2.25 bits per heavy atom. The predicted octanol–water partition coefficient (Wildman–Crippen LogP) is 5.13. The van der Waals surface area contributed by atoms with Crippen molar-refractivity contribution >= 4 is 68.1 Å². The van der Waals surface area contributed by atoms with Gasteiger partial charge in [0.25, 0.3) is 0 Å². The zero-order chi connectivity index (χ0) is 31.1. The molecule has 226 valence electrons. The number of fused-ring (bicyclic) bond motifs is 2. The van der Waals surface area contributed by atoms with E-state index in [9.17, 15) is 19.2 Å². The number of nitrogens with zero attached hydrogens (tertiary/aromatic N) is 2. The number of halogens is 1. The smallest absolute Gasteiger partial charge is 0.308 e. The first kappa shape index (κ1) is 30.0. The van der Waals surface area contributed by atoms with Gasteiger partial charge in [-0.05, 0) is 66.2 Å². The number of carbonyl (C=O) groups is 3. The van der Waals surface area contributed by atoms with Crippen LogP contribution in [0.5, 0.6) is 17.2 Å². The van der Waals surface area contributed by atoms with Crippen LogP contribution in [-0.4, -0.2) is 48.9 Å². The lowest BCUT2D eigenvalue weighted by atomic mass is 9.83. The van der Waals surface area contributed by atoms with Crippen molar-refractivity contribution in [3.8, 4) is 17.2 Å². The average Bonchev–Trinajstić information content (AvgIpc) is 3.47. The van der Waals surface area contributed by atoms with Gasteiger partial charge in [-0.1, -0.05) is 45.1 Å². The highest BCUT2D eigenvalue weighted by Crippen LogP contribution is 2.54. The third kappa shape index (κ3) is 5.29. The zero-order valence-electron chi connectivity index (χ0n) is 23.7. The van der Waals surface area contributed by atoms with Crippen LogP contribution in [0.25, 0.3) is 0 Å². The Morgan fingerprint density at radius 1 is 0.886 bits per heavy atom. The highest BCUT2D eigenvalue weighted by Gasteiger charge is 2.57. The van der Waals surface area contributed by atoms with Crippen molar-refractivity contribution in [1.82, 2.24) is 4.57 Å². The Labute approximate surface area is 269 Å². The van der Waals surface area contributed by atoms with Crippen LogP contribution in [0.3, 0.4) is 0 Å². The Kier molecular flexibility index (Phi) is 8.27. The Balaban J connectivity index is 1.41. The lowest BCUT2D eigenvalue weighted by Gasteiger charge is -2.31. The van der Waals surface area contributed by atoms with Crippen LogP contribution in [0.2, 0.25) is 0 Å². The van der Waals surface area contributed by atoms with Crippen LogP contribution in [-0.2, 0) is 20.9 Å². The van der Waals surface area contributed by atoms with Crippen molar-refractivity contribution in [2.24, 2.45) is 5.92 Å². The summed E-state index contributed by atoms with van der Waals surface area (Å²) in [4.78, 5) is 56.0. The first-order valence-corrected chi connectivity index (χ1v) is 15.9. The molecule has 10 nitrogen and oxygen atoms in total. The van der Waals surface area contributed by atoms with Gasteiger partial charge in [-0.15, -0.1) is 0 Å². The molecule has 3 heterocycles. The van der Waals surface area contributed by atoms with Crippen molar-refractivity contribution in [1.29, 1.82) is 0 Å². The summed E-state index contributed by atoms with van der Waals surface area (Å²) in [6.07, 6.45) is 0. The summed E-state index contributed by atoms with van der Waals surface area (Å²) in [5, 5.41) is 2.48. The number of rotatable bonds is 8. The third-order valence-electron chi connectivity index (χ3n) is 7.58. The Hall–Kier alpha value is -4.07. The van der Waals surface area contributed by atoms with Gasteiger partial charge in [-0.3, -0.25) is 23.7 Å². The molecule has 13 heteroatoms. The second kappa shape index (κ2) is 12.1. The van der Waals surface area contributed by atoms with Crippen LogP contribution < -0.4 is 29.3 Å². The molecular formula is C31H26BrN3O7S2. The molecule has 44 heavy (non-hydrogen) atoms. The van der Waals surface area contributed by atoms with E-state index < -0.39 is 23.0 Å². The molecule has 3 unspecified atom stereocenters. The summed E-state index contributed by atoms with van der Waals surface area (Å²) < 4.78 is 18.3. The van der Waals surface area contributed by atoms with E-state index in [1.165, 1.54) is 23.7 Å². The molecule has 4 aromatic rings.